The van der Waals surface area contributed by atoms with E-state index >= 15 is 0 Å². The summed E-state index contributed by atoms with van der Waals surface area (Å²) in [5.41, 5.74) is 2.69. The molecule has 2 N–H and O–H groups in total. The molecule has 0 saturated heterocycles. The first-order chi connectivity index (χ1) is 16.8. The van der Waals surface area contributed by atoms with Crippen LogP contribution in [0, 0.1) is 5.41 Å². The molecule has 0 unspecified atom stereocenters. The molecular weight excluding hydrogens is 448 g/mol. The number of aromatic nitrogens is 2. The molecule has 0 atom stereocenters. The molecule has 3 rings (SSSR count). The summed E-state index contributed by atoms with van der Waals surface area (Å²) in [6, 6.07) is 6.45. The third kappa shape index (κ3) is 6.91. The summed E-state index contributed by atoms with van der Waals surface area (Å²) < 4.78 is 13.1. The quantitative estimate of drug-likeness (QED) is 0.585. The molecule has 2 aromatic rings. The van der Waals surface area contributed by atoms with Gasteiger partial charge in [0.1, 0.15) is 5.69 Å². The van der Waals surface area contributed by atoms with E-state index in [0.717, 1.165) is 24.1 Å². The van der Waals surface area contributed by atoms with Gasteiger partial charge in [-0.2, -0.15) is 5.10 Å². The third-order valence-corrected chi connectivity index (χ3v) is 5.94. The van der Waals surface area contributed by atoms with Crippen LogP contribution in [0.2, 0.25) is 0 Å². The van der Waals surface area contributed by atoms with Gasteiger partial charge in [0.05, 0.1) is 17.9 Å². The lowest BCUT2D eigenvalue weighted by molar-refractivity contribution is 0.0339. The van der Waals surface area contributed by atoms with Crippen LogP contribution in [-0.4, -0.2) is 61.0 Å². The summed E-state index contributed by atoms with van der Waals surface area (Å²) in [6.07, 6.45) is 2.82. The Morgan fingerprint density at radius 2 is 1.97 bits per heavy atom. The Morgan fingerprint density at radius 1 is 1.23 bits per heavy atom. The highest BCUT2D eigenvalue weighted by Gasteiger charge is 2.29. The van der Waals surface area contributed by atoms with Crippen molar-refractivity contribution in [1.82, 2.24) is 20.4 Å². The molecule has 9 nitrogen and oxygen atoms in total. The summed E-state index contributed by atoms with van der Waals surface area (Å²) in [7, 11) is 1.54. The summed E-state index contributed by atoms with van der Waals surface area (Å²) in [4.78, 5) is 37.5. The van der Waals surface area contributed by atoms with Crippen molar-refractivity contribution >= 4 is 17.8 Å². The number of hydrogen-bond acceptors (Lipinski definition) is 6. The van der Waals surface area contributed by atoms with E-state index in [1.807, 2.05) is 20.8 Å². The lowest BCUT2D eigenvalue weighted by Crippen LogP contribution is -2.28. The van der Waals surface area contributed by atoms with E-state index < -0.39 is 11.4 Å². The van der Waals surface area contributed by atoms with Gasteiger partial charge >= 0.3 is 5.97 Å². The van der Waals surface area contributed by atoms with Crippen LogP contribution in [0.1, 0.15) is 76.1 Å². The van der Waals surface area contributed by atoms with E-state index in [-0.39, 0.29) is 18.4 Å². The van der Waals surface area contributed by atoms with Crippen LogP contribution in [-0.2, 0) is 28.9 Å². The second-order valence-electron chi connectivity index (χ2n) is 9.49. The number of ether oxygens (including phenoxy) is 2. The van der Waals surface area contributed by atoms with Crippen molar-refractivity contribution in [2.75, 3.05) is 33.4 Å². The minimum absolute atomic E-state index is 0.109. The van der Waals surface area contributed by atoms with Crippen molar-refractivity contribution in [1.29, 1.82) is 0 Å². The summed E-state index contributed by atoms with van der Waals surface area (Å²) in [6.45, 7) is 8.57. The zero-order chi connectivity index (χ0) is 25.4. The van der Waals surface area contributed by atoms with Gasteiger partial charge < -0.3 is 20.1 Å². The molecule has 35 heavy (non-hydrogen) atoms. The number of nitrogens with zero attached hydrogens (tertiary/aromatic N) is 2. The smallest absolute Gasteiger partial charge is 0.338 e. The number of aryl methyl sites for hydroxylation is 1. The monoisotopic (exact) mass is 484 g/mol. The van der Waals surface area contributed by atoms with Crippen molar-refractivity contribution in [3.8, 4) is 0 Å². The maximum absolute atomic E-state index is 13.0. The van der Waals surface area contributed by atoms with Crippen LogP contribution < -0.4 is 10.6 Å². The molecule has 0 fully saturated rings. The van der Waals surface area contributed by atoms with Crippen molar-refractivity contribution in [2.45, 2.75) is 53.0 Å². The van der Waals surface area contributed by atoms with Gasteiger partial charge in [-0.25, -0.2) is 4.79 Å². The largest absolute Gasteiger partial charge is 0.462 e. The highest BCUT2D eigenvalue weighted by Crippen LogP contribution is 2.27. The number of nitrogens with one attached hydrogen (secondary N) is 2. The van der Waals surface area contributed by atoms with Crippen molar-refractivity contribution in [3.05, 3.63) is 52.3 Å². The van der Waals surface area contributed by atoms with E-state index in [0.29, 0.717) is 56.0 Å². The number of hydrogen-bond donors (Lipinski definition) is 2. The fourth-order valence-corrected chi connectivity index (χ4v) is 4.13. The van der Waals surface area contributed by atoms with Gasteiger partial charge in [0.25, 0.3) is 11.8 Å². The minimum atomic E-state index is -0.487. The Hall–Kier alpha value is -3.20. The summed E-state index contributed by atoms with van der Waals surface area (Å²) >= 11 is 0. The lowest BCUT2D eigenvalue weighted by Gasteiger charge is -2.24. The van der Waals surface area contributed by atoms with Gasteiger partial charge in [-0.05, 0) is 44.4 Å². The molecule has 9 heteroatoms. The molecule has 0 aliphatic carbocycles. The Labute approximate surface area is 206 Å². The second-order valence-corrected chi connectivity index (χ2v) is 9.49. The first-order valence-electron chi connectivity index (χ1n) is 12.2. The number of carbonyl (C=O) groups excluding carboxylic acids is 3. The number of amides is 2. The molecule has 0 spiro atoms. The molecule has 1 aromatic carbocycles. The first kappa shape index (κ1) is 26.4. The summed E-state index contributed by atoms with van der Waals surface area (Å²) in [5.74, 6) is -0.860. The van der Waals surface area contributed by atoms with Gasteiger partial charge in [0.2, 0.25) is 0 Å². The molecule has 0 bridgehead atoms. The van der Waals surface area contributed by atoms with Gasteiger partial charge in [-0.1, -0.05) is 19.9 Å². The number of fused-ring (bicyclic) bond motifs is 1. The number of benzene rings is 1. The molecule has 0 saturated carbocycles. The third-order valence-electron chi connectivity index (χ3n) is 5.94. The molecular formula is C26H36N4O5. The number of rotatable bonds is 7. The van der Waals surface area contributed by atoms with Gasteiger partial charge in [0, 0.05) is 56.3 Å². The SMILES string of the molecule is CCn1nc(CC(C)(C)COC(=O)c2cccc(C(=O)NC)c2)c2c1C(=O)NCCCOCCC2. The van der Waals surface area contributed by atoms with Crippen LogP contribution in [0.4, 0.5) is 0 Å². The molecule has 2 amide bonds. The van der Waals surface area contributed by atoms with Crippen molar-refractivity contribution in [3.63, 3.8) is 0 Å². The average Bonchev–Trinajstić information content (AvgIpc) is 3.17. The Kier molecular flexibility index (Phi) is 9.03. The Bertz CT molecular complexity index is 1060. The standard InChI is InChI=1S/C26H36N4O5/c1-5-30-22-20(11-7-13-34-14-8-12-28-24(22)32)21(29-30)16-26(2,3)17-35-25(33)19-10-6-9-18(15-19)23(31)27-4/h6,9-10,15H,5,7-8,11-14,16-17H2,1-4H3,(H,27,31)(H,28,32). The van der Waals surface area contributed by atoms with Crippen LogP contribution in [0.15, 0.2) is 24.3 Å². The topological polar surface area (TPSA) is 112 Å². The highest BCUT2D eigenvalue weighted by molar-refractivity contribution is 5.97. The zero-order valence-electron chi connectivity index (χ0n) is 21.1. The van der Waals surface area contributed by atoms with Crippen molar-refractivity contribution < 1.29 is 23.9 Å². The molecule has 190 valence electrons. The minimum Gasteiger partial charge on any atom is -0.462 e. The van der Waals surface area contributed by atoms with Crippen LogP contribution in [0.5, 0.6) is 0 Å². The van der Waals surface area contributed by atoms with Crippen LogP contribution in [0.3, 0.4) is 0 Å². The number of carbonyl (C=O) groups is 3. The average molecular weight is 485 g/mol. The van der Waals surface area contributed by atoms with Crippen LogP contribution in [0.25, 0.3) is 0 Å². The van der Waals surface area contributed by atoms with E-state index in [1.165, 1.54) is 6.07 Å². The lowest BCUT2D eigenvalue weighted by atomic mass is 9.86. The Balaban J connectivity index is 1.75. The maximum Gasteiger partial charge on any atom is 0.338 e. The predicted octanol–water partition coefficient (Wildman–Crippen LogP) is 2.77. The van der Waals surface area contributed by atoms with Gasteiger partial charge in [-0.15, -0.1) is 0 Å². The normalized spacial score (nSPS) is 14.9. The molecule has 1 aliphatic rings. The predicted molar refractivity (Wildman–Crippen MR) is 132 cm³/mol. The van der Waals surface area contributed by atoms with E-state index in [1.54, 1.807) is 29.9 Å². The van der Waals surface area contributed by atoms with Crippen molar-refractivity contribution in [2.24, 2.45) is 5.41 Å². The van der Waals surface area contributed by atoms with Crippen LogP contribution >= 0.6 is 0 Å². The van der Waals surface area contributed by atoms with Gasteiger partial charge in [0.15, 0.2) is 0 Å². The molecule has 2 heterocycles. The van der Waals surface area contributed by atoms with E-state index in [9.17, 15) is 14.4 Å². The molecule has 1 aliphatic heterocycles. The second kappa shape index (κ2) is 12.0. The summed E-state index contributed by atoms with van der Waals surface area (Å²) in [5, 5.41) is 10.3. The number of esters is 1. The fraction of sp³-hybridized carbons (Fsp3) is 0.538. The first-order valence-corrected chi connectivity index (χ1v) is 12.2. The van der Waals surface area contributed by atoms with E-state index in [2.05, 4.69) is 10.6 Å². The zero-order valence-corrected chi connectivity index (χ0v) is 21.1. The highest BCUT2D eigenvalue weighted by atomic mass is 16.5. The van der Waals surface area contributed by atoms with E-state index in [4.69, 9.17) is 14.6 Å². The Morgan fingerprint density at radius 3 is 2.71 bits per heavy atom. The molecule has 0 radical (unpaired) electrons. The maximum atomic E-state index is 13.0. The van der Waals surface area contributed by atoms with Gasteiger partial charge in [-0.3, -0.25) is 14.3 Å². The molecule has 1 aromatic heterocycles. The fourth-order valence-electron chi connectivity index (χ4n) is 4.13.